The lowest BCUT2D eigenvalue weighted by Crippen LogP contribution is -2.57. The Balaban J connectivity index is 1.38. The molecule has 0 aromatic heterocycles. The fraction of sp³-hybridized carbons (Fsp3) is 0.667. The highest BCUT2D eigenvalue weighted by atomic mass is 16.2. The van der Waals surface area contributed by atoms with Crippen molar-refractivity contribution in [3.8, 4) is 0 Å². The van der Waals surface area contributed by atoms with Crippen LogP contribution in [0, 0.1) is 47.3 Å². The van der Waals surface area contributed by atoms with Gasteiger partial charge in [-0.1, -0.05) is 36.8 Å². The van der Waals surface area contributed by atoms with E-state index in [0.29, 0.717) is 6.42 Å². The van der Waals surface area contributed by atoms with Crippen LogP contribution in [0.3, 0.4) is 0 Å². The van der Waals surface area contributed by atoms with E-state index >= 15 is 0 Å². The maximum Gasteiger partial charge on any atom is 0.234 e. The van der Waals surface area contributed by atoms with Gasteiger partial charge in [0.05, 0.1) is 23.7 Å². The minimum atomic E-state index is -0.828. The van der Waals surface area contributed by atoms with E-state index in [1.165, 1.54) is 15.4 Å². The van der Waals surface area contributed by atoms with Crippen molar-refractivity contribution in [3.63, 3.8) is 0 Å². The van der Waals surface area contributed by atoms with E-state index < -0.39 is 11.1 Å². The number of likely N-dealkylation sites (tertiary alicyclic amines) is 2. The van der Waals surface area contributed by atoms with Crippen LogP contribution in [0.5, 0.6) is 0 Å². The Morgan fingerprint density at radius 1 is 0.889 bits per heavy atom. The summed E-state index contributed by atoms with van der Waals surface area (Å²) < 4.78 is 0. The first-order valence-electron chi connectivity index (χ1n) is 13.6. The predicted octanol–water partition coefficient (Wildman–Crippen LogP) is 4.52. The summed E-state index contributed by atoms with van der Waals surface area (Å²) >= 11 is 0. The van der Waals surface area contributed by atoms with Crippen LogP contribution in [0.4, 0.5) is 0 Å². The van der Waals surface area contributed by atoms with E-state index in [2.05, 4.69) is 25.7 Å². The van der Waals surface area contributed by atoms with Crippen LogP contribution in [0.25, 0.3) is 0 Å². The molecule has 0 aromatic rings. The van der Waals surface area contributed by atoms with Gasteiger partial charge >= 0.3 is 0 Å². The van der Waals surface area contributed by atoms with Crippen molar-refractivity contribution in [1.82, 2.24) is 9.80 Å². The molecule has 36 heavy (non-hydrogen) atoms. The zero-order valence-electron chi connectivity index (χ0n) is 22.5. The molecule has 5 rings (SSSR count). The molecule has 8 atom stereocenters. The molecule has 3 aliphatic carbocycles. The molecule has 2 bridgehead atoms. The monoisotopic (exact) mass is 492 g/mol. The highest BCUT2D eigenvalue weighted by Gasteiger charge is 2.65. The minimum absolute atomic E-state index is 0.0779. The van der Waals surface area contributed by atoms with Gasteiger partial charge in [0.1, 0.15) is 0 Å². The number of rotatable bonds is 7. The van der Waals surface area contributed by atoms with Gasteiger partial charge in [0.25, 0.3) is 0 Å². The Labute approximate surface area is 214 Å². The number of carbonyl (C=O) groups excluding carboxylic acids is 4. The lowest BCUT2D eigenvalue weighted by atomic mass is 9.80. The third-order valence-corrected chi connectivity index (χ3v) is 9.74. The molecular formula is C30H40N2O4. The first-order chi connectivity index (χ1) is 16.9. The molecule has 8 unspecified atom stereocenters. The van der Waals surface area contributed by atoms with E-state index in [9.17, 15) is 19.2 Å². The standard InChI is InChI=1S/C30H40N2O4/c1-8-10-17-13-19-14-20(17)24-23(19)27(35)32(28(24)36)30(6,7)15-29(4,5)31-25(33)21-16(3)12-18(11-9-2)22(21)26(31)34/h8-9,11,13,16,18-24H,1,10,12,14-15H2,2-7H3/b11-9-. The van der Waals surface area contributed by atoms with Crippen molar-refractivity contribution < 1.29 is 19.2 Å². The fourth-order valence-corrected chi connectivity index (χ4v) is 8.85. The molecule has 4 fully saturated rings. The largest absolute Gasteiger partial charge is 0.276 e. The maximum atomic E-state index is 13.7. The molecule has 0 radical (unpaired) electrons. The Hall–Kier alpha value is -2.50. The normalized spacial score (nSPS) is 38.0. The Kier molecular flexibility index (Phi) is 5.77. The van der Waals surface area contributed by atoms with Gasteiger partial charge in [-0.05, 0) is 84.0 Å². The number of imide groups is 2. The number of allylic oxidation sites excluding steroid dienone is 5. The second-order valence-corrected chi connectivity index (χ2v) is 13.1. The number of amides is 4. The smallest absolute Gasteiger partial charge is 0.234 e. The molecule has 2 heterocycles. The van der Waals surface area contributed by atoms with Crippen LogP contribution in [0.2, 0.25) is 0 Å². The first-order valence-corrected chi connectivity index (χ1v) is 13.6. The summed E-state index contributed by atoms with van der Waals surface area (Å²) in [5, 5.41) is 0. The Bertz CT molecular complexity index is 1100. The van der Waals surface area contributed by atoms with Crippen LogP contribution >= 0.6 is 0 Å². The summed E-state index contributed by atoms with van der Waals surface area (Å²) in [7, 11) is 0. The molecule has 0 spiro atoms. The SMILES string of the molecule is C=CCC1=CC2CC1C1C(=O)N(C(C)(C)CC(C)(C)N3C(=O)C4C(C)CC(/C=C\C)C4C3=O)C(=O)C21. The van der Waals surface area contributed by atoms with Gasteiger partial charge in [0, 0.05) is 11.1 Å². The number of nitrogens with zero attached hydrogens (tertiary/aromatic N) is 2. The predicted molar refractivity (Wildman–Crippen MR) is 137 cm³/mol. The molecule has 194 valence electrons. The number of fused-ring (bicyclic) bond motifs is 6. The molecule has 2 saturated carbocycles. The molecule has 4 amide bonds. The van der Waals surface area contributed by atoms with Crippen molar-refractivity contribution in [2.75, 3.05) is 0 Å². The third-order valence-electron chi connectivity index (χ3n) is 9.74. The number of hydrogen-bond acceptors (Lipinski definition) is 4. The Morgan fingerprint density at radius 3 is 2.03 bits per heavy atom. The zero-order chi connectivity index (χ0) is 26.3. The van der Waals surface area contributed by atoms with Crippen LogP contribution < -0.4 is 0 Å². The molecule has 0 N–H and O–H groups in total. The third kappa shape index (κ3) is 3.35. The van der Waals surface area contributed by atoms with Gasteiger partial charge in [-0.25, -0.2) is 0 Å². The Morgan fingerprint density at radius 2 is 1.44 bits per heavy atom. The summed E-state index contributed by atoms with van der Waals surface area (Å²) in [5.41, 5.74) is -0.416. The molecule has 0 aromatic carbocycles. The van der Waals surface area contributed by atoms with Crippen molar-refractivity contribution >= 4 is 23.6 Å². The summed E-state index contributed by atoms with van der Waals surface area (Å²) in [6.07, 6.45) is 10.9. The van der Waals surface area contributed by atoms with Crippen LogP contribution in [0.15, 0.2) is 36.5 Å². The van der Waals surface area contributed by atoms with Gasteiger partial charge in [0.2, 0.25) is 23.6 Å². The summed E-state index contributed by atoms with van der Waals surface area (Å²) in [5.74, 6) is -1.10. The average molecular weight is 493 g/mol. The van der Waals surface area contributed by atoms with Gasteiger partial charge in [-0.2, -0.15) is 0 Å². The summed E-state index contributed by atoms with van der Waals surface area (Å²) in [6, 6.07) is 0. The van der Waals surface area contributed by atoms with Crippen molar-refractivity contribution in [2.24, 2.45) is 47.3 Å². The van der Waals surface area contributed by atoms with Crippen LogP contribution in [-0.2, 0) is 19.2 Å². The van der Waals surface area contributed by atoms with E-state index in [-0.39, 0.29) is 71.0 Å². The molecule has 6 heteroatoms. The van der Waals surface area contributed by atoms with Gasteiger partial charge < -0.3 is 0 Å². The second-order valence-electron chi connectivity index (χ2n) is 13.1. The molecular weight excluding hydrogens is 452 g/mol. The average Bonchev–Trinajstić information content (AvgIpc) is 3.52. The number of carbonyl (C=O) groups is 4. The first kappa shape index (κ1) is 25.2. The lowest BCUT2D eigenvalue weighted by Gasteiger charge is -2.44. The zero-order valence-corrected chi connectivity index (χ0v) is 22.5. The molecule has 6 nitrogen and oxygen atoms in total. The van der Waals surface area contributed by atoms with Crippen LogP contribution in [-0.4, -0.2) is 44.5 Å². The van der Waals surface area contributed by atoms with Crippen LogP contribution in [0.1, 0.15) is 67.2 Å². The quantitative estimate of drug-likeness (QED) is 0.387. The van der Waals surface area contributed by atoms with E-state index in [0.717, 1.165) is 19.3 Å². The molecule has 2 aliphatic heterocycles. The molecule has 5 aliphatic rings. The highest BCUT2D eigenvalue weighted by molar-refractivity contribution is 6.08. The summed E-state index contributed by atoms with van der Waals surface area (Å²) in [4.78, 5) is 57.6. The topological polar surface area (TPSA) is 74.8 Å². The highest BCUT2D eigenvalue weighted by Crippen LogP contribution is 2.58. The minimum Gasteiger partial charge on any atom is -0.276 e. The van der Waals surface area contributed by atoms with Gasteiger partial charge in [0.15, 0.2) is 0 Å². The summed E-state index contributed by atoms with van der Waals surface area (Å²) in [6.45, 7) is 15.5. The van der Waals surface area contributed by atoms with Crippen molar-refractivity contribution in [1.29, 1.82) is 0 Å². The number of hydrogen-bond donors (Lipinski definition) is 0. The maximum absolute atomic E-state index is 13.7. The van der Waals surface area contributed by atoms with E-state index in [1.807, 2.05) is 46.8 Å². The second kappa shape index (κ2) is 8.26. The van der Waals surface area contributed by atoms with Gasteiger partial charge in [-0.3, -0.25) is 29.0 Å². The van der Waals surface area contributed by atoms with E-state index in [1.54, 1.807) is 0 Å². The van der Waals surface area contributed by atoms with Gasteiger partial charge in [-0.15, -0.1) is 6.58 Å². The fourth-order valence-electron chi connectivity index (χ4n) is 8.85. The van der Waals surface area contributed by atoms with E-state index in [4.69, 9.17) is 0 Å². The van der Waals surface area contributed by atoms with Crippen molar-refractivity contribution in [3.05, 3.63) is 36.5 Å². The molecule has 2 saturated heterocycles. The lowest BCUT2D eigenvalue weighted by molar-refractivity contribution is -0.151. The van der Waals surface area contributed by atoms with Crippen molar-refractivity contribution in [2.45, 2.75) is 78.3 Å².